The molecular weight excluding hydrogens is 204 g/mol. The van der Waals surface area contributed by atoms with Gasteiger partial charge in [0.05, 0.1) is 0 Å². The number of aryl methyl sites for hydroxylation is 1. The maximum absolute atomic E-state index is 12.2. The fourth-order valence-electron chi connectivity index (χ4n) is 2.27. The Labute approximate surface area is 92.7 Å². The zero-order valence-electron chi connectivity index (χ0n) is 8.66. The van der Waals surface area contributed by atoms with Gasteiger partial charge in [0.2, 0.25) is 5.78 Å². The highest BCUT2D eigenvalue weighted by atomic mass is 16.5. The second-order valence-electron chi connectivity index (χ2n) is 4.04. The van der Waals surface area contributed by atoms with Gasteiger partial charge in [-0.05, 0) is 24.0 Å². The molecule has 80 valence electrons. The minimum absolute atomic E-state index is 0.175. The van der Waals surface area contributed by atoms with Gasteiger partial charge in [0.15, 0.2) is 0 Å². The molecule has 0 spiro atoms. The van der Waals surface area contributed by atoms with Crippen LogP contribution in [0, 0.1) is 0 Å². The Balaban J connectivity index is 2.16. The van der Waals surface area contributed by atoms with Gasteiger partial charge in [-0.1, -0.05) is 24.3 Å². The Hall–Kier alpha value is -1.90. The maximum Gasteiger partial charge on any atom is 0.342 e. The molecule has 3 rings (SSSR count). The molecular formula is C13H10O3. The summed E-state index contributed by atoms with van der Waals surface area (Å²) in [6.45, 7) is 0.286. The van der Waals surface area contributed by atoms with Crippen LogP contribution in [0.2, 0.25) is 0 Å². The molecule has 3 heteroatoms. The van der Waals surface area contributed by atoms with E-state index in [4.69, 9.17) is 4.74 Å². The van der Waals surface area contributed by atoms with Gasteiger partial charge in [-0.15, -0.1) is 0 Å². The number of cyclic esters (lactones) is 1. The maximum atomic E-state index is 12.2. The summed E-state index contributed by atoms with van der Waals surface area (Å²) in [7, 11) is 0. The molecule has 0 radical (unpaired) electrons. The third-order valence-corrected chi connectivity index (χ3v) is 3.12. The van der Waals surface area contributed by atoms with Crippen LogP contribution in [0.15, 0.2) is 35.4 Å². The first kappa shape index (κ1) is 9.33. The molecule has 16 heavy (non-hydrogen) atoms. The second kappa shape index (κ2) is 3.30. The van der Waals surface area contributed by atoms with Crippen molar-refractivity contribution in [3.05, 3.63) is 46.5 Å². The van der Waals surface area contributed by atoms with E-state index in [2.05, 4.69) is 0 Å². The summed E-state index contributed by atoms with van der Waals surface area (Å²) in [4.78, 5) is 23.7. The second-order valence-corrected chi connectivity index (χ2v) is 4.04. The zero-order chi connectivity index (χ0) is 11.1. The number of fused-ring (bicyclic) bond motifs is 1. The van der Waals surface area contributed by atoms with Crippen molar-refractivity contribution in [1.29, 1.82) is 0 Å². The summed E-state index contributed by atoms with van der Waals surface area (Å²) < 4.78 is 4.91. The van der Waals surface area contributed by atoms with Crippen molar-refractivity contribution in [3.63, 3.8) is 0 Å². The number of hydrogen-bond donors (Lipinski definition) is 0. The first-order valence-electron chi connectivity index (χ1n) is 5.29. The number of benzene rings is 1. The number of carbonyl (C=O) groups is 2. The lowest BCUT2D eigenvalue weighted by atomic mass is 9.99. The highest BCUT2D eigenvalue weighted by Gasteiger charge is 2.33. The fraction of sp³-hybridized carbons (Fsp3) is 0.231. The summed E-state index contributed by atoms with van der Waals surface area (Å²) >= 11 is 0. The first-order chi connectivity index (χ1) is 7.77. The van der Waals surface area contributed by atoms with Crippen LogP contribution in [0.5, 0.6) is 0 Å². The lowest BCUT2D eigenvalue weighted by Gasteiger charge is -2.04. The molecule has 0 amide bonds. The van der Waals surface area contributed by atoms with Crippen molar-refractivity contribution in [3.8, 4) is 0 Å². The van der Waals surface area contributed by atoms with E-state index in [1.807, 2.05) is 18.2 Å². The fourth-order valence-corrected chi connectivity index (χ4v) is 2.27. The van der Waals surface area contributed by atoms with Crippen molar-refractivity contribution in [2.45, 2.75) is 12.8 Å². The predicted octanol–water partition coefficient (Wildman–Crippen LogP) is 1.67. The van der Waals surface area contributed by atoms with E-state index in [0.717, 1.165) is 24.0 Å². The van der Waals surface area contributed by atoms with Crippen molar-refractivity contribution < 1.29 is 14.3 Å². The average Bonchev–Trinajstić information content (AvgIpc) is 2.60. The van der Waals surface area contributed by atoms with Gasteiger partial charge in [0, 0.05) is 5.56 Å². The molecule has 1 aliphatic carbocycles. The quantitative estimate of drug-likeness (QED) is 0.487. The highest BCUT2D eigenvalue weighted by molar-refractivity contribution is 6.26. The van der Waals surface area contributed by atoms with Crippen LogP contribution >= 0.6 is 0 Å². The predicted molar refractivity (Wildman–Crippen MR) is 57.1 cm³/mol. The zero-order valence-corrected chi connectivity index (χ0v) is 8.66. The topological polar surface area (TPSA) is 43.4 Å². The van der Waals surface area contributed by atoms with Gasteiger partial charge in [-0.3, -0.25) is 4.79 Å². The average molecular weight is 214 g/mol. The molecule has 1 aromatic rings. The van der Waals surface area contributed by atoms with Gasteiger partial charge in [-0.2, -0.15) is 0 Å². The van der Waals surface area contributed by atoms with E-state index in [1.54, 1.807) is 6.07 Å². The smallest absolute Gasteiger partial charge is 0.342 e. The molecule has 2 aliphatic rings. The van der Waals surface area contributed by atoms with Crippen LogP contribution < -0.4 is 0 Å². The lowest BCUT2D eigenvalue weighted by molar-refractivity contribution is -0.135. The van der Waals surface area contributed by atoms with E-state index in [0.29, 0.717) is 5.56 Å². The number of carbonyl (C=O) groups excluding carboxylic acids is 2. The monoisotopic (exact) mass is 214 g/mol. The normalized spacial score (nSPS) is 19.0. The van der Waals surface area contributed by atoms with Gasteiger partial charge >= 0.3 is 5.97 Å². The van der Waals surface area contributed by atoms with Crippen molar-refractivity contribution >= 4 is 11.8 Å². The Morgan fingerprint density at radius 1 is 1.06 bits per heavy atom. The molecule has 0 bridgehead atoms. The van der Waals surface area contributed by atoms with Crippen molar-refractivity contribution in [1.82, 2.24) is 0 Å². The van der Waals surface area contributed by atoms with Crippen LogP contribution in [-0.4, -0.2) is 18.4 Å². The Kier molecular flexibility index (Phi) is 1.93. The Morgan fingerprint density at radius 3 is 2.75 bits per heavy atom. The van der Waals surface area contributed by atoms with E-state index < -0.39 is 5.97 Å². The molecule has 1 heterocycles. The molecule has 0 aromatic heterocycles. The number of rotatable bonds is 0. The van der Waals surface area contributed by atoms with Crippen molar-refractivity contribution in [2.24, 2.45) is 0 Å². The molecule has 0 atom stereocenters. The van der Waals surface area contributed by atoms with Gasteiger partial charge < -0.3 is 4.74 Å². The molecule has 3 nitrogen and oxygen atoms in total. The molecule has 0 saturated heterocycles. The SMILES string of the molecule is O=C1OCC2=C1C(=O)c1ccccc1CC2. The number of Topliss-reactive ketones (excluding diaryl/α,β-unsaturated/α-hetero) is 1. The summed E-state index contributed by atoms with van der Waals surface area (Å²) in [5.41, 5.74) is 2.79. The van der Waals surface area contributed by atoms with E-state index in [9.17, 15) is 9.59 Å². The van der Waals surface area contributed by atoms with Crippen LogP contribution in [-0.2, 0) is 16.0 Å². The molecule has 1 aromatic carbocycles. The minimum atomic E-state index is -0.461. The van der Waals surface area contributed by atoms with E-state index in [-0.39, 0.29) is 18.0 Å². The summed E-state index contributed by atoms with van der Waals surface area (Å²) in [6, 6.07) is 7.46. The molecule has 0 N–H and O–H groups in total. The lowest BCUT2D eigenvalue weighted by Crippen LogP contribution is -2.11. The summed E-state index contributed by atoms with van der Waals surface area (Å²) in [5.74, 6) is -0.637. The first-order valence-corrected chi connectivity index (χ1v) is 5.29. The number of esters is 1. The van der Waals surface area contributed by atoms with Crippen LogP contribution in [0.3, 0.4) is 0 Å². The van der Waals surface area contributed by atoms with Crippen LogP contribution in [0.1, 0.15) is 22.3 Å². The summed E-state index contributed by atoms with van der Waals surface area (Å²) in [6.07, 6.45) is 1.54. The molecule has 1 aliphatic heterocycles. The minimum Gasteiger partial charge on any atom is -0.457 e. The molecule has 0 unspecified atom stereocenters. The molecule has 0 fully saturated rings. The van der Waals surface area contributed by atoms with E-state index in [1.165, 1.54) is 0 Å². The largest absolute Gasteiger partial charge is 0.457 e. The van der Waals surface area contributed by atoms with Crippen LogP contribution in [0.25, 0.3) is 0 Å². The summed E-state index contributed by atoms with van der Waals surface area (Å²) in [5, 5.41) is 0. The highest BCUT2D eigenvalue weighted by Crippen LogP contribution is 2.29. The third-order valence-electron chi connectivity index (χ3n) is 3.12. The number of ketones is 1. The van der Waals surface area contributed by atoms with E-state index >= 15 is 0 Å². The van der Waals surface area contributed by atoms with Gasteiger partial charge in [0.25, 0.3) is 0 Å². The Morgan fingerprint density at radius 2 is 1.88 bits per heavy atom. The Bertz CT molecular complexity index is 526. The van der Waals surface area contributed by atoms with Gasteiger partial charge in [-0.25, -0.2) is 4.79 Å². The number of ether oxygens (including phenoxy) is 1. The standard InChI is InChI=1S/C13H10O3/c14-12-10-4-2-1-3-8(10)5-6-9-7-16-13(15)11(9)12/h1-4H,5-7H2. The van der Waals surface area contributed by atoms with Crippen LogP contribution in [0.4, 0.5) is 0 Å². The van der Waals surface area contributed by atoms with Gasteiger partial charge in [0.1, 0.15) is 12.2 Å². The van der Waals surface area contributed by atoms with Crippen molar-refractivity contribution in [2.75, 3.05) is 6.61 Å². The third kappa shape index (κ3) is 1.21. The molecule has 0 saturated carbocycles. The number of hydrogen-bond acceptors (Lipinski definition) is 3.